The molecule has 0 aromatic rings. The van der Waals surface area contributed by atoms with E-state index in [9.17, 15) is 9.90 Å². The maximum Gasteiger partial charge on any atom is 0.394 e. The number of aliphatic hydroxyl groups is 1. The molecule has 0 bridgehead atoms. The molecule has 0 radical (unpaired) electrons. The minimum Gasteiger partial charge on any atom is -0.392 e. The number of piperidine rings is 2. The zero-order chi connectivity index (χ0) is 20.2. The number of nitrogens with one attached hydrogen (secondary N) is 1. The van der Waals surface area contributed by atoms with Crippen LogP contribution in [0.3, 0.4) is 0 Å². The van der Waals surface area contributed by atoms with Crippen LogP contribution in [0.15, 0.2) is 0 Å². The fourth-order valence-electron chi connectivity index (χ4n) is 6.39. The van der Waals surface area contributed by atoms with Crippen molar-refractivity contribution in [2.75, 3.05) is 13.1 Å². The van der Waals surface area contributed by atoms with Crippen LogP contribution in [-0.2, 0) is 15.2 Å². The molecular formula is C18H30N2O6S. The van der Waals surface area contributed by atoms with Crippen molar-refractivity contribution in [2.24, 2.45) is 23.2 Å². The van der Waals surface area contributed by atoms with Gasteiger partial charge in [-0.15, -0.1) is 0 Å². The first-order valence-electron chi connectivity index (χ1n) is 9.55. The highest BCUT2D eigenvalue weighted by Crippen LogP contribution is 2.59. The van der Waals surface area contributed by atoms with Gasteiger partial charge in [-0.2, -0.15) is 8.42 Å². The Hall–Kier alpha value is -0.870. The van der Waals surface area contributed by atoms with E-state index in [4.69, 9.17) is 22.9 Å². The predicted molar refractivity (Wildman–Crippen MR) is 99.2 cm³/mol. The molecule has 2 saturated heterocycles. The third-order valence-corrected chi connectivity index (χ3v) is 7.39. The molecule has 9 heteroatoms. The Bertz CT molecular complexity index is 732. The minimum absolute atomic E-state index is 0.0437. The minimum atomic E-state index is -4.67. The Balaban J connectivity index is 0.000000376. The summed E-state index contributed by atoms with van der Waals surface area (Å²) in [6.07, 6.45) is 4.98. The Kier molecular flexibility index (Phi) is 5.31. The van der Waals surface area contributed by atoms with E-state index in [-0.39, 0.29) is 23.0 Å². The first-order valence-corrected chi connectivity index (χ1v) is 11.0. The van der Waals surface area contributed by atoms with Crippen LogP contribution in [0.4, 0.5) is 0 Å². The monoisotopic (exact) mass is 402 g/mol. The molecule has 2 saturated carbocycles. The molecule has 4 fully saturated rings. The molecule has 8 nitrogen and oxygen atoms in total. The normalized spacial score (nSPS) is 44.6. The van der Waals surface area contributed by atoms with Gasteiger partial charge in [0.25, 0.3) is 0 Å². The van der Waals surface area contributed by atoms with Gasteiger partial charge in [0, 0.05) is 30.1 Å². The highest BCUT2D eigenvalue weighted by molar-refractivity contribution is 7.79. The quantitative estimate of drug-likeness (QED) is 0.451. The molecule has 2 heterocycles. The lowest BCUT2D eigenvalue weighted by atomic mass is 9.52. The van der Waals surface area contributed by atoms with Gasteiger partial charge in [-0.1, -0.05) is 6.92 Å². The zero-order valence-electron chi connectivity index (χ0n) is 15.9. The first-order chi connectivity index (χ1) is 12.3. The maximum atomic E-state index is 13.1. The number of hydrogen-bond donors (Lipinski definition) is 4. The van der Waals surface area contributed by atoms with Crippen molar-refractivity contribution in [2.45, 2.75) is 64.0 Å². The first kappa shape index (κ1) is 20.9. The highest BCUT2D eigenvalue weighted by Gasteiger charge is 2.61. The summed E-state index contributed by atoms with van der Waals surface area (Å²) in [7, 11) is -4.67. The fourth-order valence-corrected chi connectivity index (χ4v) is 6.39. The lowest BCUT2D eigenvalue weighted by molar-refractivity contribution is -0.160. The third kappa shape index (κ3) is 3.98. The fraction of sp³-hybridized carbons (Fsp3) is 0.889. The van der Waals surface area contributed by atoms with Crippen molar-refractivity contribution in [1.82, 2.24) is 4.90 Å². The summed E-state index contributed by atoms with van der Waals surface area (Å²) >= 11 is 0. The lowest BCUT2D eigenvalue weighted by Gasteiger charge is -2.60. The van der Waals surface area contributed by atoms with E-state index in [0.717, 1.165) is 50.9 Å². The molecule has 0 amide bonds. The van der Waals surface area contributed by atoms with Gasteiger partial charge in [0.05, 0.1) is 6.10 Å². The molecular weight excluding hydrogens is 372 g/mol. The second kappa shape index (κ2) is 6.88. The molecule has 2 aliphatic heterocycles. The summed E-state index contributed by atoms with van der Waals surface area (Å²) in [4.78, 5) is 15.5. The number of fused-ring (bicyclic) bond motifs is 5. The molecule has 0 aromatic carbocycles. The van der Waals surface area contributed by atoms with Gasteiger partial charge in [0.1, 0.15) is 5.78 Å². The third-order valence-electron chi connectivity index (χ3n) is 7.39. The molecule has 4 aliphatic rings. The van der Waals surface area contributed by atoms with Crippen LogP contribution >= 0.6 is 0 Å². The number of ketones is 1. The molecule has 154 valence electrons. The number of nitrogens with zero attached hydrogens (tertiary/aromatic N) is 1. The van der Waals surface area contributed by atoms with E-state index in [1.165, 1.54) is 0 Å². The molecule has 4 N–H and O–H groups in total. The Morgan fingerprint density at radius 1 is 1.19 bits per heavy atom. The summed E-state index contributed by atoms with van der Waals surface area (Å²) < 4.78 is 31.6. The van der Waals surface area contributed by atoms with E-state index in [1.807, 2.05) is 0 Å². The summed E-state index contributed by atoms with van der Waals surface area (Å²) in [6, 6.07) is 0. The number of aliphatic hydroxyl groups excluding tert-OH is 1. The van der Waals surface area contributed by atoms with Crippen LogP contribution in [0.5, 0.6) is 0 Å². The van der Waals surface area contributed by atoms with E-state index in [0.29, 0.717) is 24.0 Å². The van der Waals surface area contributed by atoms with Crippen LogP contribution in [0, 0.1) is 28.6 Å². The van der Waals surface area contributed by atoms with Gasteiger partial charge in [-0.25, -0.2) is 0 Å². The topological polar surface area (TPSA) is 139 Å². The van der Waals surface area contributed by atoms with E-state index in [2.05, 4.69) is 18.7 Å². The van der Waals surface area contributed by atoms with Gasteiger partial charge in [0.2, 0.25) is 0 Å². The molecule has 1 unspecified atom stereocenters. The number of rotatable bonds is 0. The summed E-state index contributed by atoms with van der Waals surface area (Å²) in [5, 5.41) is 18.1. The van der Waals surface area contributed by atoms with Crippen molar-refractivity contribution >= 4 is 21.9 Å². The average Bonchev–Trinajstić information content (AvgIpc) is 2.79. The van der Waals surface area contributed by atoms with Crippen LogP contribution in [-0.4, -0.2) is 63.8 Å². The zero-order valence-corrected chi connectivity index (χ0v) is 16.7. The van der Waals surface area contributed by atoms with Crippen molar-refractivity contribution in [1.29, 1.82) is 5.41 Å². The highest BCUT2D eigenvalue weighted by atomic mass is 32.3. The van der Waals surface area contributed by atoms with Crippen LogP contribution < -0.4 is 0 Å². The average molecular weight is 403 g/mol. The SMILES string of the molecule is C[C@@]12CC(=N)C[C@H]1[C@@H]1CCN3CC(O)CC[C@]3(C)[C@@H]1C(=O)C2.O=S(=O)(O)O. The smallest absolute Gasteiger partial charge is 0.392 e. The second-order valence-electron chi connectivity index (χ2n) is 9.26. The van der Waals surface area contributed by atoms with E-state index < -0.39 is 10.4 Å². The van der Waals surface area contributed by atoms with E-state index in [1.54, 1.807) is 0 Å². The number of carbonyl (C=O) groups is 1. The number of β-amino-alcohol motifs (C(OH)–C–C–N with tert-alkyl or cyclic N) is 1. The molecule has 27 heavy (non-hydrogen) atoms. The summed E-state index contributed by atoms with van der Waals surface area (Å²) in [6.45, 7) is 6.23. The second-order valence-corrected chi connectivity index (χ2v) is 10.2. The van der Waals surface area contributed by atoms with Gasteiger partial charge < -0.3 is 10.5 Å². The van der Waals surface area contributed by atoms with Crippen molar-refractivity contribution in [3.8, 4) is 0 Å². The van der Waals surface area contributed by atoms with E-state index >= 15 is 0 Å². The lowest BCUT2D eigenvalue weighted by Crippen LogP contribution is -2.67. The van der Waals surface area contributed by atoms with Gasteiger partial charge >= 0.3 is 10.4 Å². The predicted octanol–water partition coefficient (Wildman–Crippen LogP) is 1.59. The van der Waals surface area contributed by atoms with Crippen molar-refractivity contribution in [3.63, 3.8) is 0 Å². The number of Topliss-reactive ketones (excluding diaryl/α,β-unsaturated/α-hetero) is 1. The number of hydrogen-bond acceptors (Lipinski definition) is 6. The van der Waals surface area contributed by atoms with Crippen LogP contribution in [0.25, 0.3) is 0 Å². The van der Waals surface area contributed by atoms with Gasteiger partial charge in [-0.3, -0.25) is 18.8 Å². The summed E-state index contributed by atoms with van der Waals surface area (Å²) in [5.41, 5.74) is 0.834. The summed E-state index contributed by atoms with van der Waals surface area (Å²) in [5.74, 6) is 1.53. The van der Waals surface area contributed by atoms with Crippen LogP contribution in [0.2, 0.25) is 0 Å². The number of carbonyl (C=O) groups excluding carboxylic acids is 1. The van der Waals surface area contributed by atoms with Crippen LogP contribution in [0.1, 0.15) is 52.4 Å². The molecule has 0 aromatic heterocycles. The molecule has 0 spiro atoms. The molecule has 4 rings (SSSR count). The molecule has 2 aliphatic carbocycles. The van der Waals surface area contributed by atoms with Gasteiger partial charge in [0.15, 0.2) is 0 Å². The Morgan fingerprint density at radius 2 is 1.81 bits per heavy atom. The van der Waals surface area contributed by atoms with Crippen molar-refractivity contribution < 1.29 is 27.4 Å². The van der Waals surface area contributed by atoms with Crippen molar-refractivity contribution in [3.05, 3.63) is 0 Å². The maximum absolute atomic E-state index is 13.1. The Labute approximate surface area is 160 Å². The standard InChI is InChI=1S/C18H28N2O2.H2O4S/c1-17-8-11(19)7-14(17)13-4-6-20-10-12(21)3-5-18(20,2)16(13)15(22)9-17;1-5(2,3)4/h12-14,16,19,21H,3-10H2,1-2H3;(H2,1,2,3,4)/t12?,13-,14-,16-,17-,18+;/m0./s1. The molecule has 6 atom stereocenters. The Morgan fingerprint density at radius 3 is 2.44 bits per heavy atom. The van der Waals surface area contributed by atoms with Gasteiger partial charge in [-0.05, 0) is 62.8 Å². The largest absolute Gasteiger partial charge is 0.394 e.